The molecule has 33 heavy (non-hydrogen) atoms. The van der Waals surface area contributed by atoms with Gasteiger partial charge in [0.2, 0.25) is 0 Å². The molecule has 0 unspecified atom stereocenters. The fourth-order valence-electron chi connectivity index (χ4n) is 2.29. The van der Waals surface area contributed by atoms with Crippen LogP contribution in [0.1, 0.15) is 0 Å². The van der Waals surface area contributed by atoms with Gasteiger partial charge >= 0.3 is 0 Å². The number of nitrogens with zero attached hydrogens (tertiary/aromatic N) is 2. The molecule has 0 radical (unpaired) electrons. The zero-order chi connectivity index (χ0) is 24.1. The number of halogens is 3. The van der Waals surface area contributed by atoms with Crippen LogP contribution in [0.25, 0.3) is 0 Å². The van der Waals surface area contributed by atoms with Crippen LogP contribution in [0.2, 0.25) is 15.5 Å². The Morgan fingerprint density at radius 2 is 1.09 bits per heavy atom. The summed E-state index contributed by atoms with van der Waals surface area (Å²) in [5.74, 6) is 2.38. The van der Waals surface area contributed by atoms with Crippen molar-refractivity contribution in [2.24, 2.45) is 0 Å². The van der Waals surface area contributed by atoms with E-state index in [1.54, 1.807) is 50.6 Å². The summed E-state index contributed by atoms with van der Waals surface area (Å²) in [6, 6.07) is 25.4. The number of ether oxygens (including phenoxy) is 2. The highest BCUT2D eigenvalue weighted by atomic mass is 35.5. The summed E-state index contributed by atoms with van der Waals surface area (Å²) < 4.78 is 9.99. The Hall–Kier alpha value is -3.19. The third-order valence-electron chi connectivity index (χ3n) is 3.87. The van der Waals surface area contributed by atoms with E-state index in [-0.39, 0.29) is 0 Å². The first-order valence-electron chi connectivity index (χ1n) is 9.61. The second-order valence-corrected chi connectivity index (χ2v) is 7.42. The average Bonchev–Trinajstić information content (AvgIpc) is 2.81. The first kappa shape index (κ1) is 26.1. The van der Waals surface area contributed by atoms with Crippen LogP contribution in [0, 0.1) is 0 Å². The summed E-state index contributed by atoms with van der Waals surface area (Å²) in [7, 11) is 3.27. The third-order valence-corrected chi connectivity index (χ3v) is 4.51. The summed E-state index contributed by atoms with van der Waals surface area (Å²) in [5, 5.41) is 4.47. The first-order chi connectivity index (χ1) is 15.9. The third kappa shape index (κ3) is 10.3. The van der Waals surface area contributed by atoms with Gasteiger partial charge in [0.25, 0.3) is 0 Å². The van der Waals surface area contributed by atoms with Crippen molar-refractivity contribution in [3.63, 3.8) is 0 Å². The number of anilines is 3. The topological polar surface area (TPSA) is 82.3 Å². The van der Waals surface area contributed by atoms with Crippen LogP contribution in [0.4, 0.5) is 17.2 Å². The second-order valence-electron chi connectivity index (χ2n) is 6.26. The molecule has 0 spiro atoms. The number of methoxy groups -OCH3 is 2. The van der Waals surface area contributed by atoms with E-state index in [4.69, 9.17) is 50.0 Å². The van der Waals surface area contributed by atoms with Crippen LogP contribution < -0.4 is 20.5 Å². The van der Waals surface area contributed by atoms with Crippen LogP contribution >= 0.6 is 34.8 Å². The largest absolute Gasteiger partial charge is 0.497 e. The molecule has 0 saturated heterocycles. The number of hydrogen-bond acceptors (Lipinski definition) is 6. The van der Waals surface area contributed by atoms with E-state index in [1.165, 1.54) is 0 Å². The Labute approximate surface area is 208 Å². The summed E-state index contributed by atoms with van der Waals surface area (Å²) in [6.45, 7) is 0. The fourth-order valence-corrected chi connectivity index (χ4v) is 2.82. The molecule has 4 aromatic rings. The van der Waals surface area contributed by atoms with E-state index in [0.29, 0.717) is 15.5 Å². The predicted molar refractivity (Wildman–Crippen MR) is 137 cm³/mol. The average molecular weight is 506 g/mol. The fraction of sp³-hybridized carbons (Fsp3) is 0.0833. The highest BCUT2D eigenvalue weighted by Crippen LogP contribution is 2.19. The summed E-state index contributed by atoms with van der Waals surface area (Å²) >= 11 is 16.7. The van der Waals surface area contributed by atoms with Crippen LogP contribution in [0.15, 0.2) is 84.9 Å². The molecule has 0 amide bonds. The van der Waals surface area contributed by atoms with E-state index in [1.807, 2.05) is 48.5 Å². The first-order valence-corrected chi connectivity index (χ1v) is 10.7. The number of nitrogens with one attached hydrogen (secondary N) is 1. The number of hydrogen-bond donors (Lipinski definition) is 2. The van der Waals surface area contributed by atoms with Gasteiger partial charge in [0.15, 0.2) is 0 Å². The van der Waals surface area contributed by atoms with Crippen molar-refractivity contribution in [3.05, 3.63) is 100 Å². The zero-order valence-corrected chi connectivity index (χ0v) is 20.3. The molecule has 6 nitrogen and oxygen atoms in total. The minimum atomic E-state index is 0.428. The van der Waals surface area contributed by atoms with E-state index >= 15 is 0 Å². The molecule has 0 aliphatic carbocycles. The Bertz CT molecular complexity index is 1090. The van der Waals surface area contributed by atoms with Crippen molar-refractivity contribution in [1.82, 2.24) is 9.97 Å². The van der Waals surface area contributed by atoms with Gasteiger partial charge in [-0.3, -0.25) is 0 Å². The minimum absolute atomic E-state index is 0.428. The van der Waals surface area contributed by atoms with Gasteiger partial charge in [-0.25, -0.2) is 9.97 Å². The van der Waals surface area contributed by atoms with Gasteiger partial charge in [-0.2, -0.15) is 0 Å². The van der Waals surface area contributed by atoms with Gasteiger partial charge in [0, 0.05) is 11.4 Å². The van der Waals surface area contributed by atoms with Crippen molar-refractivity contribution in [1.29, 1.82) is 0 Å². The molecule has 0 aliphatic heterocycles. The van der Waals surface area contributed by atoms with Crippen molar-refractivity contribution in [2.45, 2.75) is 0 Å². The number of nitrogens with two attached hydrogens (primary N) is 1. The van der Waals surface area contributed by atoms with E-state index in [0.717, 1.165) is 28.7 Å². The molecule has 3 N–H and O–H groups in total. The van der Waals surface area contributed by atoms with Gasteiger partial charge in [-0.15, -0.1) is 0 Å². The van der Waals surface area contributed by atoms with Crippen molar-refractivity contribution >= 4 is 52.0 Å². The molecular weight excluding hydrogens is 483 g/mol. The van der Waals surface area contributed by atoms with Crippen LogP contribution in [-0.2, 0) is 0 Å². The highest BCUT2D eigenvalue weighted by molar-refractivity contribution is 6.32. The standard InChI is InChI=1S/C12H11ClN2O.C7H9NO.C5H3Cl2N/c1-16-10-7-5-9(6-8-10)14-12-4-2-3-11(13)15-12;1-9-7-4-2-6(8)3-5-7;6-4-2-1-3-5(7)8-4/h2-8H,1H3,(H,14,15);2-5H,8H2,1H3;1-3H. The molecule has 0 atom stereocenters. The maximum Gasteiger partial charge on any atom is 0.132 e. The summed E-state index contributed by atoms with van der Waals surface area (Å²) in [5.41, 5.74) is 7.13. The van der Waals surface area contributed by atoms with Gasteiger partial charge in [-0.1, -0.05) is 46.9 Å². The lowest BCUT2D eigenvalue weighted by Gasteiger charge is -2.06. The smallest absolute Gasteiger partial charge is 0.132 e. The molecule has 0 bridgehead atoms. The van der Waals surface area contributed by atoms with E-state index in [2.05, 4.69) is 15.3 Å². The maximum atomic E-state index is 5.79. The van der Waals surface area contributed by atoms with Crippen molar-refractivity contribution < 1.29 is 9.47 Å². The van der Waals surface area contributed by atoms with Crippen LogP contribution in [0.3, 0.4) is 0 Å². The molecule has 0 fully saturated rings. The normalized spacial score (nSPS) is 9.48. The highest BCUT2D eigenvalue weighted by Gasteiger charge is 1.97. The molecule has 2 aromatic carbocycles. The lowest BCUT2D eigenvalue weighted by Crippen LogP contribution is -1.93. The molecule has 2 heterocycles. The van der Waals surface area contributed by atoms with Gasteiger partial charge < -0.3 is 20.5 Å². The quantitative estimate of drug-likeness (QED) is 0.226. The lowest BCUT2D eigenvalue weighted by atomic mass is 10.3. The van der Waals surface area contributed by atoms with Crippen molar-refractivity contribution in [3.8, 4) is 11.5 Å². The maximum absolute atomic E-state index is 5.79. The van der Waals surface area contributed by atoms with Gasteiger partial charge in [-0.05, 0) is 72.8 Å². The molecule has 0 saturated carbocycles. The predicted octanol–water partition coefficient (Wildman–Crippen LogP) is 7.15. The number of rotatable bonds is 4. The molecular formula is C24H23Cl3N4O2. The molecule has 172 valence electrons. The Morgan fingerprint density at radius 3 is 1.52 bits per heavy atom. The Kier molecular flexibility index (Phi) is 11.1. The SMILES string of the molecule is COc1ccc(N)cc1.COc1ccc(Nc2cccc(Cl)n2)cc1.Clc1cccc(Cl)n1. The molecule has 4 rings (SSSR count). The summed E-state index contributed by atoms with van der Waals surface area (Å²) in [4.78, 5) is 7.84. The monoisotopic (exact) mass is 504 g/mol. The van der Waals surface area contributed by atoms with Crippen LogP contribution in [0.5, 0.6) is 11.5 Å². The number of benzene rings is 2. The second kappa shape index (κ2) is 14.1. The summed E-state index contributed by atoms with van der Waals surface area (Å²) in [6.07, 6.45) is 0. The number of pyridine rings is 2. The minimum Gasteiger partial charge on any atom is -0.497 e. The number of nitrogen functional groups attached to an aromatic ring is 1. The zero-order valence-electron chi connectivity index (χ0n) is 18.0. The van der Waals surface area contributed by atoms with Crippen molar-refractivity contribution in [2.75, 3.05) is 25.3 Å². The van der Waals surface area contributed by atoms with Gasteiger partial charge in [0.05, 0.1) is 14.2 Å². The molecule has 0 aliphatic rings. The van der Waals surface area contributed by atoms with E-state index < -0.39 is 0 Å². The Balaban J connectivity index is 0.000000192. The molecule has 2 aromatic heterocycles. The van der Waals surface area contributed by atoms with E-state index in [9.17, 15) is 0 Å². The van der Waals surface area contributed by atoms with Crippen LogP contribution in [-0.4, -0.2) is 24.2 Å². The van der Waals surface area contributed by atoms with Gasteiger partial charge in [0.1, 0.15) is 32.8 Å². The molecule has 9 heteroatoms. The number of aromatic nitrogens is 2. The Morgan fingerprint density at radius 1 is 0.636 bits per heavy atom. The lowest BCUT2D eigenvalue weighted by molar-refractivity contribution is 0.415.